The minimum atomic E-state index is -0.659. The van der Waals surface area contributed by atoms with Crippen molar-refractivity contribution in [3.8, 4) is 0 Å². The standard InChI is InChI=1S/C18H24N2O2/c1-12-8-13(2)10-15(9-12)11-20-16(21)18(19-17(20)22)7-5-4-6-14(18)3/h8-10,14H,4-7,11H2,1-3H3,(H,19,22). The lowest BCUT2D eigenvalue weighted by Gasteiger charge is -2.36. The Morgan fingerprint density at radius 1 is 1.18 bits per heavy atom. The van der Waals surface area contributed by atoms with Crippen LogP contribution in [0.5, 0.6) is 0 Å². The first-order valence-electron chi connectivity index (χ1n) is 8.14. The van der Waals surface area contributed by atoms with E-state index in [1.165, 1.54) is 4.90 Å². The summed E-state index contributed by atoms with van der Waals surface area (Å²) in [4.78, 5) is 26.7. The van der Waals surface area contributed by atoms with Gasteiger partial charge in [-0.15, -0.1) is 0 Å². The number of hydrogen-bond acceptors (Lipinski definition) is 2. The fraction of sp³-hybridized carbons (Fsp3) is 0.556. The van der Waals surface area contributed by atoms with Crippen LogP contribution in [0.25, 0.3) is 0 Å². The smallest absolute Gasteiger partial charge is 0.323 e. The summed E-state index contributed by atoms with van der Waals surface area (Å²) in [5, 5.41) is 3.01. The number of benzene rings is 1. The van der Waals surface area contributed by atoms with Crippen molar-refractivity contribution in [1.29, 1.82) is 0 Å². The van der Waals surface area contributed by atoms with Crippen LogP contribution in [0.3, 0.4) is 0 Å². The Labute approximate surface area is 131 Å². The highest BCUT2D eigenvalue weighted by Crippen LogP contribution is 2.38. The Morgan fingerprint density at radius 2 is 1.86 bits per heavy atom. The molecule has 4 nitrogen and oxygen atoms in total. The predicted molar refractivity (Wildman–Crippen MR) is 85.4 cm³/mol. The maximum atomic E-state index is 12.9. The highest BCUT2D eigenvalue weighted by molar-refractivity contribution is 6.07. The van der Waals surface area contributed by atoms with Gasteiger partial charge < -0.3 is 5.32 Å². The third-order valence-electron chi connectivity index (χ3n) is 5.12. The summed E-state index contributed by atoms with van der Waals surface area (Å²) >= 11 is 0. The molecule has 1 heterocycles. The number of nitrogens with zero attached hydrogens (tertiary/aromatic N) is 1. The summed E-state index contributed by atoms with van der Waals surface area (Å²) in [6.07, 6.45) is 3.92. The van der Waals surface area contributed by atoms with Gasteiger partial charge in [0.05, 0.1) is 6.54 Å². The Morgan fingerprint density at radius 3 is 2.50 bits per heavy atom. The average molecular weight is 300 g/mol. The third kappa shape index (κ3) is 2.40. The molecule has 1 aromatic rings. The topological polar surface area (TPSA) is 49.4 Å². The lowest BCUT2D eigenvalue weighted by atomic mass is 9.73. The number of imide groups is 1. The fourth-order valence-corrected chi connectivity index (χ4v) is 3.98. The molecule has 118 valence electrons. The lowest BCUT2D eigenvalue weighted by molar-refractivity contribution is -0.134. The number of urea groups is 1. The van der Waals surface area contributed by atoms with Crippen LogP contribution in [0, 0.1) is 19.8 Å². The molecule has 22 heavy (non-hydrogen) atoms. The number of amides is 3. The molecular formula is C18H24N2O2. The molecule has 1 aliphatic carbocycles. The zero-order chi connectivity index (χ0) is 15.9. The molecule has 3 amide bonds. The van der Waals surface area contributed by atoms with Crippen molar-refractivity contribution in [2.75, 3.05) is 0 Å². The monoisotopic (exact) mass is 300 g/mol. The molecule has 4 heteroatoms. The lowest BCUT2D eigenvalue weighted by Crippen LogP contribution is -2.53. The summed E-state index contributed by atoms with van der Waals surface area (Å²) in [6, 6.07) is 5.95. The minimum Gasteiger partial charge on any atom is -0.323 e. The van der Waals surface area contributed by atoms with E-state index >= 15 is 0 Å². The van der Waals surface area contributed by atoms with Crippen molar-refractivity contribution >= 4 is 11.9 Å². The van der Waals surface area contributed by atoms with Gasteiger partial charge in [0.15, 0.2) is 0 Å². The molecule has 1 spiro atoms. The van der Waals surface area contributed by atoms with Crippen molar-refractivity contribution in [1.82, 2.24) is 10.2 Å². The number of hydrogen-bond donors (Lipinski definition) is 1. The molecular weight excluding hydrogens is 276 g/mol. The van der Waals surface area contributed by atoms with Crippen LogP contribution in [-0.4, -0.2) is 22.4 Å². The van der Waals surface area contributed by atoms with Gasteiger partial charge in [-0.2, -0.15) is 0 Å². The summed E-state index contributed by atoms with van der Waals surface area (Å²) < 4.78 is 0. The first-order valence-corrected chi connectivity index (χ1v) is 8.14. The van der Waals surface area contributed by atoms with Gasteiger partial charge >= 0.3 is 6.03 Å². The van der Waals surface area contributed by atoms with E-state index < -0.39 is 5.54 Å². The molecule has 0 aromatic heterocycles. The van der Waals surface area contributed by atoms with E-state index in [4.69, 9.17) is 0 Å². The van der Waals surface area contributed by atoms with Crippen LogP contribution < -0.4 is 5.32 Å². The molecule has 1 aromatic carbocycles. The van der Waals surface area contributed by atoms with Crippen LogP contribution in [0.2, 0.25) is 0 Å². The fourth-order valence-electron chi connectivity index (χ4n) is 3.98. The first kappa shape index (κ1) is 15.1. The number of aryl methyl sites for hydroxylation is 2. The van der Waals surface area contributed by atoms with E-state index in [-0.39, 0.29) is 17.9 Å². The van der Waals surface area contributed by atoms with Gasteiger partial charge in [-0.05, 0) is 38.2 Å². The second-order valence-corrected chi connectivity index (χ2v) is 6.94. The van der Waals surface area contributed by atoms with Gasteiger partial charge in [0.2, 0.25) is 0 Å². The van der Waals surface area contributed by atoms with Crippen molar-refractivity contribution in [3.05, 3.63) is 34.9 Å². The Balaban J connectivity index is 1.85. The van der Waals surface area contributed by atoms with E-state index in [1.54, 1.807) is 0 Å². The van der Waals surface area contributed by atoms with Crippen molar-refractivity contribution < 1.29 is 9.59 Å². The van der Waals surface area contributed by atoms with E-state index in [0.717, 1.165) is 42.4 Å². The maximum Gasteiger partial charge on any atom is 0.325 e. The Hall–Kier alpha value is -1.84. The molecule has 1 saturated heterocycles. The predicted octanol–water partition coefficient (Wildman–Crippen LogP) is 3.30. The SMILES string of the molecule is Cc1cc(C)cc(CN2C(=O)NC3(CCCCC3C)C2=O)c1. The van der Waals surface area contributed by atoms with Gasteiger partial charge in [-0.25, -0.2) is 4.79 Å². The summed E-state index contributed by atoms with van der Waals surface area (Å²) in [6.45, 7) is 6.51. The zero-order valence-electron chi connectivity index (χ0n) is 13.6. The third-order valence-corrected chi connectivity index (χ3v) is 5.12. The van der Waals surface area contributed by atoms with Crippen LogP contribution in [0.4, 0.5) is 4.79 Å². The number of carbonyl (C=O) groups excluding carboxylic acids is 2. The highest BCUT2D eigenvalue weighted by atomic mass is 16.2. The van der Waals surface area contributed by atoms with E-state index in [1.807, 2.05) is 26.0 Å². The van der Waals surface area contributed by atoms with E-state index in [9.17, 15) is 9.59 Å². The molecule has 2 fully saturated rings. The molecule has 2 atom stereocenters. The van der Waals surface area contributed by atoms with Crippen LogP contribution in [-0.2, 0) is 11.3 Å². The van der Waals surface area contributed by atoms with Crippen LogP contribution in [0.15, 0.2) is 18.2 Å². The van der Waals surface area contributed by atoms with Crippen LogP contribution in [0.1, 0.15) is 49.3 Å². The van der Waals surface area contributed by atoms with Gasteiger partial charge in [0.25, 0.3) is 5.91 Å². The van der Waals surface area contributed by atoms with Crippen LogP contribution >= 0.6 is 0 Å². The Kier molecular flexibility index (Phi) is 3.71. The van der Waals surface area contributed by atoms with Gasteiger partial charge in [-0.1, -0.05) is 49.1 Å². The molecule has 1 saturated carbocycles. The quantitative estimate of drug-likeness (QED) is 0.852. The zero-order valence-corrected chi connectivity index (χ0v) is 13.6. The van der Waals surface area contributed by atoms with E-state index in [0.29, 0.717) is 6.54 Å². The molecule has 0 radical (unpaired) electrons. The van der Waals surface area contributed by atoms with Gasteiger partial charge in [-0.3, -0.25) is 9.69 Å². The number of carbonyl (C=O) groups is 2. The second-order valence-electron chi connectivity index (χ2n) is 6.94. The minimum absolute atomic E-state index is 0.0381. The van der Waals surface area contributed by atoms with Crippen molar-refractivity contribution in [2.24, 2.45) is 5.92 Å². The second kappa shape index (κ2) is 5.41. The summed E-state index contributed by atoms with van der Waals surface area (Å²) in [5.74, 6) is 0.172. The maximum absolute atomic E-state index is 12.9. The number of rotatable bonds is 2. The molecule has 2 aliphatic rings. The molecule has 1 aliphatic heterocycles. The number of nitrogens with one attached hydrogen (secondary N) is 1. The van der Waals surface area contributed by atoms with E-state index in [2.05, 4.69) is 18.3 Å². The van der Waals surface area contributed by atoms with Gasteiger partial charge in [0, 0.05) is 0 Å². The molecule has 0 bridgehead atoms. The Bertz CT molecular complexity index is 605. The van der Waals surface area contributed by atoms with Gasteiger partial charge in [0.1, 0.15) is 5.54 Å². The first-order chi connectivity index (χ1) is 10.4. The average Bonchev–Trinajstić information content (AvgIpc) is 2.67. The largest absolute Gasteiger partial charge is 0.325 e. The van der Waals surface area contributed by atoms with Crippen molar-refractivity contribution in [2.45, 2.75) is 58.5 Å². The summed E-state index contributed by atoms with van der Waals surface area (Å²) in [7, 11) is 0. The molecule has 3 rings (SSSR count). The molecule has 1 N–H and O–H groups in total. The van der Waals surface area contributed by atoms with Crippen molar-refractivity contribution in [3.63, 3.8) is 0 Å². The molecule has 2 unspecified atom stereocenters. The normalized spacial score (nSPS) is 28.3. The highest BCUT2D eigenvalue weighted by Gasteiger charge is 2.54. The summed E-state index contributed by atoms with van der Waals surface area (Å²) in [5.41, 5.74) is 2.67.